The van der Waals surface area contributed by atoms with E-state index in [1.54, 1.807) is 31.5 Å². The van der Waals surface area contributed by atoms with Gasteiger partial charge in [0.05, 0.1) is 35.9 Å². The number of carbonyl (C=O) groups is 1. The van der Waals surface area contributed by atoms with Crippen LogP contribution in [0.3, 0.4) is 0 Å². The minimum atomic E-state index is -4.43. The molecule has 0 saturated heterocycles. The van der Waals surface area contributed by atoms with Crippen LogP contribution in [-0.4, -0.2) is 45.5 Å². The van der Waals surface area contributed by atoms with Gasteiger partial charge in [0.1, 0.15) is 18.0 Å². The topological polar surface area (TPSA) is 82.4 Å². The molecule has 1 atom stereocenters. The number of anilines is 1. The largest absolute Gasteiger partial charge is 0.492 e. The number of aryl methyl sites for hydroxylation is 1. The van der Waals surface area contributed by atoms with Crippen LogP contribution in [0, 0.1) is 6.92 Å². The molecule has 0 aliphatic carbocycles. The van der Waals surface area contributed by atoms with Crippen LogP contribution in [0.2, 0.25) is 0 Å². The lowest BCUT2D eigenvalue weighted by atomic mass is 10.0. The molecule has 0 fully saturated rings. The quantitative estimate of drug-likeness (QED) is 0.570. The number of carbonyl (C=O) groups excluding carboxylic acids is 1. The van der Waals surface area contributed by atoms with Crippen molar-refractivity contribution in [1.29, 1.82) is 0 Å². The van der Waals surface area contributed by atoms with Crippen molar-refractivity contribution in [2.45, 2.75) is 32.8 Å². The zero-order valence-corrected chi connectivity index (χ0v) is 17.6. The predicted molar refractivity (Wildman–Crippen MR) is 108 cm³/mol. The van der Waals surface area contributed by atoms with Gasteiger partial charge in [0.15, 0.2) is 6.23 Å². The molecule has 3 aromatic heterocycles. The summed E-state index contributed by atoms with van der Waals surface area (Å²) in [6.45, 7) is 2.86. The van der Waals surface area contributed by atoms with E-state index in [1.807, 2.05) is 6.92 Å². The van der Waals surface area contributed by atoms with Crippen LogP contribution in [-0.2, 0) is 11.3 Å². The van der Waals surface area contributed by atoms with Crippen LogP contribution in [0.1, 0.15) is 34.8 Å². The number of hydrogen-bond acceptors (Lipinski definition) is 6. The number of alkyl halides is 3. The van der Waals surface area contributed by atoms with E-state index in [0.29, 0.717) is 40.4 Å². The minimum absolute atomic E-state index is 0.185. The number of pyridine rings is 2. The highest BCUT2D eigenvalue weighted by atomic mass is 19.4. The molecule has 0 N–H and O–H groups in total. The van der Waals surface area contributed by atoms with Crippen LogP contribution >= 0.6 is 0 Å². The molecular weight excluding hydrogens is 427 g/mol. The first-order valence-corrected chi connectivity index (χ1v) is 9.77. The van der Waals surface area contributed by atoms with E-state index < -0.39 is 24.9 Å². The third kappa shape index (κ3) is 4.03. The van der Waals surface area contributed by atoms with Crippen LogP contribution in [0.4, 0.5) is 18.9 Å². The summed E-state index contributed by atoms with van der Waals surface area (Å²) in [6.07, 6.45) is 0.243. The smallest absolute Gasteiger partial charge is 0.408 e. The van der Waals surface area contributed by atoms with Gasteiger partial charge in [0, 0.05) is 25.1 Å². The highest BCUT2D eigenvalue weighted by Gasteiger charge is 2.42. The van der Waals surface area contributed by atoms with Crippen molar-refractivity contribution in [1.82, 2.24) is 19.7 Å². The van der Waals surface area contributed by atoms with Gasteiger partial charge in [-0.25, -0.2) is 4.98 Å². The Bertz CT molecular complexity index is 1160. The molecular formula is C21H20F3N5O3. The Balaban J connectivity index is 1.73. The van der Waals surface area contributed by atoms with Gasteiger partial charge in [-0.05, 0) is 31.5 Å². The zero-order chi connectivity index (χ0) is 23.0. The summed E-state index contributed by atoms with van der Waals surface area (Å²) >= 11 is 0. The fourth-order valence-electron chi connectivity index (χ4n) is 3.67. The number of hydrogen-bond donors (Lipinski definition) is 0. The average molecular weight is 447 g/mol. The Hall–Kier alpha value is -3.47. The Kier molecular flexibility index (Phi) is 5.59. The standard InChI is InChI=1S/C21H20F3N5O3/c1-4-32-15-6-13(7-25-9-15)16-5-12(2)17-18(27-16)20(31-3)29(19(17)30)14-8-26-28(10-14)11-21(22,23)24/h5-10,20H,4,11H2,1-3H3/t20-/m0/s1. The molecule has 0 radical (unpaired) electrons. The first-order valence-electron chi connectivity index (χ1n) is 9.77. The molecule has 0 aromatic carbocycles. The van der Waals surface area contributed by atoms with Crippen LogP contribution in [0.5, 0.6) is 5.75 Å². The van der Waals surface area contributed by atoms with Crippen molar-refractivity contribution >= 4 is 11.6 Å². The normalized spacial score (nSPS) is 15.9. The molecule has 168 valence electrons. The average Bonchev–Trinajstić information content (AvgIpc) is 3.28. The van der Waals surface area contributed by atoms with Gasteiger partial charge in [0.25, 0.3) is 5.91 Å². The number of ether oxygens (including phenoxy) is 2. The highest BCUT2D eigenvalue weighted by molar-refractivity contribution is 6.11. The maximum atomic E-state index is 13.2. The first kappa shape index (κ1) is 21.8. The monoisotopic (exact) mass is 447 g/mol. The number of methoxy groups -OCH3 is 1. The molecule has 32 heavy (non-hydrogen) atoms. The molecule has 0 unspecified atom stereocenters. The predicted octanol–water partition coefficient (Wildman–Crippen LogP) is 3.91. The number of halogens is 3. The molecule has 0 saturated carbocycles. The third-order valence-corrected chi connectivity index (χ3v) is 4.93. The summed E-state index contributed by atoms with van der Waals surface area (Å²) < 4.78 is 49.9. The second-order valence-corrected chi connectivity index (χ2v) is 7.20. The second-order valence-electron chi connectivity index (χ2n) is 7.20. The molecule has 1 amide bonds. The van der Waals surface area contributed by atoms with E-state index in [1.165, 1.54) is 18.2 Å². The summed E-state index contributed by atoms with van der Waals surface area (Å²) in [5.74, 6) is 0.166. The van der Waals surface area contributed by atoms with Crippen molar-refractivity contribution in [3.8, 4) is 17.0 Å². The summed E-state index contributed by atoms with van der Waals surface area (Å²) in [5, 5.41) is 3.73. The van der Waals surface area contributed by atoms with Gasteiger partial charge < -0.3 is 9.47 Å². The van der Waals surface area contributed by atoms with Gasteiger partial charge in [-0.1, -0.05) is 0 Å². The zero-order valence-electron chi connectivity index (χ0n) is 17.6. The molecule has 4 rings (SSSR count). The first-order chi connectivity index (χ1) is 15.2. The molecule has 0 bridgehead atoms. The van der Waals surface area contributed by atoms with Crippen molar-refractivity contribution < 1.29 is 27.4 Å². The lowest BCUT2D eigenvalue weighted by Crippen LogP contribution is -2.28. The van der Waals surface area contributed by atoms with Crippen LogP contribution in [0.25, 0.3) is 11.3 Å². The number of aromatic nitrogens is 4. The van der Waals surface area contributed by atoms with Crippen LogP contribution in [0.15, 0.2) is 36.9 Å². The molecule has 4 heterocycles. The van der Waals surface area contributed by atoms with Gasteiger partial charge in [-0.15, -0.1) is 0 Å². The molecule has 3 aromatic rings. The van der Waals surface area contributed by atoms with Crippen molar-refractivity contribution in [2.24, 2.45) is 0 Å². The third-order valence-electron chi connectivity index (χ3n) is 4.93. The molecule has 1 aliphatic heterocycles. The number of fused-ring (bicyclic) bond motifs is 1. The van der Waals surface area contributed by atoms with Crippen molar-refractivity contribution in [3.63, 3.8) is 0 Å². The van der Waals surface area contributed by atoms with E-state index in [2.05, 4.69) is 15.1 Å². The fourth-order valence-corrected chi connectivity index (χ4v) is 3.67. The lowest BCUT2D eigenvalue weighted by Gasteiger charge is -2.21. The van der Waals surface area contributed by atoms with Crippen molar-refractivity contribution in [3.05, 3.63) is 53.7 Å². The van der Waals surface area contributed by atoms with E-state index in [-0.39, 0.29) is 5.69 Å². The van der Waals surface area contributed by atoms with Crippen LogP contribution < -0.4 is 9.64 Å². The maximum Gasteiger partial charge on any atom is 0.408 e. The van der Waals surface area contributed by atoms with E-state index in [4.69, 9.17) is 9.47 Å². The maximum absolute atomic E-state index is 13.2. The number of amides is 1. The molecule has 8 nitrogen and oxygen atoms in total. The fraction of sp³-hybridized carbons (Fsp3) is 0.333. The number of nitrogens with zero attached hydrogens (tertiary/aromatic N) is 5. The summed E-state index contributed by atoms with van der Waals surface area (Å²) in [7, 11) is 1.40. The van der Waals surface area contributed by atoms with Gasteiger partial charge in [-0.2, -0.15) is 18.3 Å². The SMILES string of the molecule is CCOc1cncc(-c2cc(C)c3c(n2)[C@H](OC)N(c2cnn(CC(F)(F)F)c2)C3=O)c1. The molecule has 1 aliphatic rings. The van der Waals surface area contributed by atoms with E-state index in [0.717, 1.165) is 10.9 Å². The Labute approximate surface area is 181 Å². The van der Waals surface area contributed by atoms with Gasteiger partial charge >= 0.3 is 6.18 Å². The summed E-state index contributed by atoms with van der Waals surface area (Å²) in [4.78, 5) is 23.3. The second kappa shape index (κ2) is 8.23. The molecule has 0 spiro atoms. The highest BCUT2D eigenvalue weighted by Crippen LogP contribution is 2.39. The Morgan fingerprint density at radius 1 is 1.19 bits per heavy atom. The van der Waals surface area contributed by atoms with Gasteiger partial charge in [0.2, 0.25) is 0 Å². The van der Waals surface area contributed by atoms with E-state index in [9.17, 15) is 18.0 Å². The van der Waals surface area contributed by atoms with E-state index >= 15 is 0 Å². The molecule has 11 heteroatoms. The Morgan fingerprint density at radius 3 is 2.66 bits per heavy atom. The minimum Gasteiger partial charge on any atom is -0.492 e. The Morgan fingerprint density at radius 2 is 1.97 bits per heavy atom. The number of rotatable bonds is 6. The van der Waals surface area contributed by atoms with Gasteiger partial charge in [-0.3, -0.25) is 19.4 Å². The van der Waals surface area contributed by atoms with Crippen molar-refractivity contribution in [2.75, 3.05) is 18.6 Å². The summed E-state index contributed by atoms with van der Waals surface area (Å²) in [6, 6.07) is 3.55. The lowest BCUT2D eigenvalue weighted by molar-refractivity contribution is -0.142. The summed E-state index contributed by atoms with van der Waals surface area (Å²) in [5.41, 5.74) is 2.82.